The number of hydrogen-bond acceptors (Lipinski definition) is 5. The van der Waals surface area contributed by atoms with E-state index in [0.29, 0.717) is 12.4 Å². The summed E-state index contributed by atoms with van der Waals surface area (Å²) in [5.74, 6) is 2.96. The number of aryl methyl sites for hydroxylation is 1. The molecule has 1 aliphatic carbocycles. The van der Waals surface area contributed by atoms with Crippen molar-refractivity contribution in [3.8, 4) is 5.75 Å². The smallest absolute Gasteiger partial charge is 0.226 e. The van der Waals surface area contributed by atoms with E-state index in [0.717, 1.165) is 42.9 Å². The third-order valence-corrected chi connectivity index (χ3v) is 5.29. The molecule has 25 heavy (non-hydrogen) atoms. The summed E-state index contributed by atoms with van der Waals surface area (Å²) < 4.78 is 10.5. The van der Waals surface area contributed by atoms with Gasteiger partial charge >= 0.3 is 0 Å². The summed E-state index contributed by atoms with van der Waals surface area (Å²) in [6.45, 7) is 3.30. The lowest BCUT2D eigenvalue weighted by atomic mass is 9.96. The van der Waals surface area contributed by atoms with Gasteiger partial charge in [-0.15, -0.1) is 0 Å². The Morgan fingerprint density at radius 2 is 2.20 bits per heavy atom. The van der Waals surface area contributed by atoms with Gasteiger partial charge in [-0.3, -0.25) is 4.79 Å². The highest BCUT2D eigenvalue weighted by molar-refractivity contribution is 5.83. The average Bonchev–Trinajstić information content (AvgIpc) is 3.34. The lowest BCUT2D eigenvalue weighted by molar-refractivity contribution is -0.133. The van der Waals surface area contributed by atoms with Gasteiger partial charge in [0.1, 0.15) is 5.75 Å². The number of piperidine rings is 1. The predicted octanol–water partition coefficient (Wildman–Crippen LogP) is 2.90. The van der Waals surface area contributed by atoms with Crippen molar-refractivity contribution in [3.63, 3.8) is 0 Å². The molecule has 1 amide bonds. The van der Waals surface area contributed by atoms with E-state index in [9.17, 15) is 4.79 Å². The maximum atomic E-state index is 12.9. The molecule has 132 valence electrons. The number of likely N-dealkylation sites (tertiary alicyclic amines) is 1. The minimum absolute atomic E-state index is 0.0713. The molecule has 2 aliphatic rings. The fourth-order valence-electron chi connectivity index (χ4n) is 3.89. The minimum atomic E-state index is 0.0713. The van der Waals surface area contributed by atoms with Crippen molar-refractivity contribution in [2.24, 2.45) is 5.92 Å². The second kappa shape index (κ2) is 6.50. The number of methoxy groups -OCH3 is 1. The van der Waals surface area contributed by atoms with Gasteiger partial charge in [0.05, 0.1) is 7.11 Å². The SMILES string of the molecule is COc1ccccc1[C@@H]1C[C@@H]1C(=O)N1CCC[C@H](c2noc(C)n2)C1. The molecular weight excluding hydrogens is 318 g/mol. The fraction of sp³-hybridized carbons (Fsp3) is 0.526. The van der Waals surface area contributed by atoms with E-state index in [1.807, 2.05) is 23.1 Å². The van der Waals surface area contributed by atoms with Crippen molar-refractivity contribution in [1.29, 1.82) is 0 Å². The summed E-state index contributed by atoms with van der Waals surface area (Å²) in [5, 5.41) is 4.04. The molecular formula is C19H23N3O3. The van der Waals surface area contributed by atoms with E-state index in [2.05, 4.69) is 16.2 Å². The summed E-state index contributed by atoms with van der Waals surface area (Å²) in [5.41, 5.74) is 1.14. The number of hydrogen-bond donors (Lipinski definition) is 0. The molecule has 0 spiro atoms. The van der Waals surface area contributed by atoms with Crippen LogP contribution in [0.2, 0.25) is 0 Å². The van der Waals surface area contributed by atoms with Gasteiger partial charge in [-0.2, -0.15) is 4.98 Å². The molecule has 2 fully saturated rings. The first-order chi connectivity index (χ1) is 12.2. The number of nitrogens with zero attached hydrogens (tertiary/aromatic N) is 3. The van der Waals surface area contributed by atoms with Crippen molar-refractivity contribution < 1.29 is 14.1 Å². The Hall–Kier alpha value is -2.37. The van der Waals surface area contributed by atoms with Gasteiger partial charge in [-0.1, -0.05) is 23.4 Å². The number of aromatic nitrogens is 2. The number of rotatable bonds is 4. The zero-order chi connectivity index (χ0) is 17.4. The lowest BCUT2D eigenvalue weighted by Crippen LogP contribution is -2.40. The van der Waals surface area contributed by atoms with E-state index in [-0.39, 0.29) is 23.7 Å². The molecule has 4 rings (SSSR count). The van der Waals surface area contributed by atoms with Crippen LogP contribution in [0, 0.1) is 12.8 Å². The number of benzene rings is 1. The van der Waals surface area contributed by atoms with Gasteiger partial charge in [0.25, 0.3) is 0 Å². The Morgan fingerprint density at radius 3 is 2.96 bits per heavy atom. The molecule has 0 unspecified atom stereocenters. The summed E-state index contributed by atoms with van der Waals surface area (Å²) in [4.78, 5) is 19.3. The fourth-order valence-corrected chi connectivity index (χ4v) is 3.89. The standard InChI is InChI=1S/C19H23N3O3/c1-12-20-18(21-25-12)13-6-5-9-22(11-13)19(23)16-10-15(16)14-7-3-4-8-17(14)24-2/h3-4,7-8,13,15-16H,5-6,9-11H2,1-2H3/t13-,15-,16-/m0/s1. The number of carbonyl (C=O) groups excluding carboxylic acids is 1. The van der Waals surface area contributed by atoms with Crippen LogP contribution in [0.5, 0.6) is 5.75 Å². The van der Waals surface area contributed by atoms with Crippen molar-refractivity contribution in [2.45, 2.75) is 38.0 Å². The molecule has 0 N–H and O–H groups in total. The molecule has 1 aromatic carbocycles. The third-order valence-electron chi connectivity index (χ3n) is 5.29. The second-order valence-corrected chi connectivity index (χ2v) is 6.99. The number of carbonyl (C=O) groups is 1. The van der Waals surface area contributed by atoms with Crippen molar-refractivity contribution in [3.05, 3.63) is 41.5 Å². The molecule has 1 saturated carbocycles. The van der Waals surface area contributed by atoms with Crippen LogP contribution in [0.1, 0.15) is 48.4 Å². The zero-order valence-electron chi connectivity index (χ0n) is 14.6. The molecule has 3 atom stereocenters. The van der Waals surface area contributed by atoms with Crippen LogP contribution in [0.3, 0.4) is 0 Å². The van der Waals surface area contributed by atoms with Gasteiger partial charge in [0, 0.05) is 31.8 Å². The van der Waals surface area contributed by atoms with Crippen LogP contribution < -0.4 is 4.74 Å². The second-order valence-electron chi connectivity index (χ2n) is 6.99. The average molecular weight is 341 g/mol. The maximum absolute atomic E-state index is 12.9. The quantitative estimate of drug-likeness (QED) is 0.855. The van der Waals surface area contributed by atoms with Gasteiger partial charge < -0.3 is 14.2 Å². The normalized spacial score (nSPS) is 25.7. The van der Waals surface area contributed by atoms with Gasteiger partial charge in [-0.25, -0.2) is 0 Å². The van der Waals surface area contributed by atoms with Crippen molar-refractivity contribution in [2.75, 3.05) is 20.2 Å². The molecule has 1 saturated heterocycles. The maximum Gasteiger partial charge on any atom is 0.226 e. The lowest BCUT2D eigenvalue weighted by Gasteiger charge is -2.31. The molecule has 6 nitrogen and oxygen atoms in total. The largest absolute Gasteiger partial charge is 0.496 e. The topological polar surface area (TPSA) is 68.5 Å². The van der Waals surface area contributed by atoms with E-state index < -0.39 is 0 Å². The van der Waals surface area contributed by atoms with E-state index in [1.54, 1.807) is 14.0 Å². The zero-order valence-corrected chi connectivity index (χ0v) is 14.6. The van der Waals surface area contributed by atoms with E-state index in [1.165, 1.54) is 0 Å². The van der Waals surface area contributed by atoms with Crippen LogP contribution in [-0.4, -0.2) is 41.1 Å². The van der Waals surface area contributed by atoms with Crippen LogP contribution >= 0.6 is 0 Å². The summed E-state index contributed by atoms with van der Waals surface area (Å²) >= 11 is 0. The summed E-state index contributed by atoms with van der Waals surface area (Å²) in [6.07, 6.45) is 2.89. The minimum Gasteiger partial charge on any atom is -0.496 e. The van der Waals surface area contributed by atoms with Gasteiger partial charge in [0.15, 0.2) is 5.82 Å². The number of amides is 1. The highest BCUT2D eigenvalue weighted by atomic mass is 16.5. The molecule has 1 aromatic heterocycles. The Morgan fingerprint density at radius 1 is 1.36 bits per heavy atom. The number of ether oxygens (including phenoxy) is 1. The van der Waals surface area contributed by atoms with Crippen LogP contribution in [0.25, 0.3) is 0 Å². The van der Waals surface area contributed by atoms with E-state index >= 15 is 0 Å². The van der Waals surface area contributed by atoms with Crippen LogP contribution in [-0.2, 0) is 4.79 Å². The Balaban J connectivity index is 1.43. The highest BCUT2D eigenvalue weighted by Crippen LogP contribution is 2.51. The molecule has 2 heterocycles. The summed E-state index contributed by atoms with van der Waals surface area (Å²) in [7, 11) is 1.68. The molecule has 1 aliphatic heterocycles. The summed E-state index contributed by atoms with van der Waals surface area (Å²) in [6, 6.07) is 8.00. The Kier molecular flexibility index (Phi) is 4.19. The van der Waals surface area contributed by atoms with Crippen molar-refractivity contribution >= 4 is 5.91 Å². The Bertz CT molecular complexity index is 773. The van der Waals surface area contributed by atoms with Crippen LogP contribution in [0.15, 0.2) is 28.8 Å². The third kappa shape index (κ3) is 3.13. The molecule has 6 heteroatoms. The monoisotopic (exact) mass is 341 g/mol. The first-order valence-corrected chi connectivity index (χ1v) is 8.89. The predicted molar refractivity (Wildman–Crippen MR) is 91.4 cm³/mol. The van der Waals surface area contributed by atoms with Crippen LogP contribution in [0.4, 0.5) is 0 Å². The molecule has 2 aromatic rings. The first kappa shape index (κ1) is 16.1. The first-order valence-electron chi connectivity index (χ1n) is 8.89. The highest BCUT2D eigenvalue weighted by Gasteiger charge is 2.47. The molecule has 0 bridgehead atoms. The van der Waals surface area contributed by atoms with Gasteiger partial charge in [-0.05, 0) is 36.8 Å². The van der Waals surface area contributed by atoms with Gasteiger partial charge in [0.2, 0.25) is 11.8 Å². The molecule has 0 radical (unpaired) electrons. The van der Waals surface area contributed by atoms with Crippen molar-refractivity contribution in [1.82, 2.24) is 15.0 Å². The Labute approximate surface area is 147 Å². The number of para-hydroxylation sites is 1. The van der Waals surface area contributed by atoms with E-state index in [4.69, 9.17) is 9.26 Å².